The average Bonchev–Trinajstić information content (AvgIpc) is 3.09. The summed E-state index contributed by atoms with van der Waals surface area (Å²) in [5, 5.41) is 6.15. The van der Waals surface area contributed by atoms with Gasteiger partial charge in [0.15, 0.2) is 6.20 Å². The van der Waals surface area contributed by atoms with Crippen LogP contribution in [0.2, 0.25) is 0 Å². The number of rotatable bonds is 2. The number of hydrogen-bond donors (Lipinski definition) is 0. The molecule has 0 radical (unpaired) electrons. The minimum atomic E-state index is -0.432. The van der Waals surface area contributed by atoms with Crippen LogP contribution in [0.4, 0.5) is 0 Å². The van der Waals surface area contributed by atoms with Gasteiger partial charge < -0.3 is 4.85 Å². The van der Waals surface area contributed by atoms with E-state index in [9.17, 15) is 0 Å². The van der Waals surface area contributed by atoms with Gasteiger partial charge in [-0.3, -0.25) is 4.40 Å². The summed E-state index contributed by atoms with van der Waals surface area (Å²) in [5.74, 6) is 0. The van der Waals surface area contributed by atoms with E-state index < -0.39 is 5.54 Å². The van der Waals surface area contributed by atoms with Crippen LogP contribution in [0.5, 0.6) is 0 Å². The zero-order chi connectivity index (χ0) is 21.5. The first kappa shape index (κ1) is 18.1. The molecule has 2 aromatic carbocycles. The Morgan fingerprint density at radius 2 is 1.94 bits per heavy atom. The van der Waals surface area contributed by atoms with Gasteiger partial charge >= 0.3 is 0 Å². The predicted octanol–water partition coefficient (Wildman–Crippen LogP) is 5.76. The summed E-state index contributed by atoms with van der Waals surface area (Å²) in [6.07, 6.45) is 4.74. The van der Waals surface area contributed by atoms with Crippen molar-refractivity contribution in [3.05, 3.63) is 77.4 Å². The van der Waals surface area contributed by atoms with E-state index in [4.69, 9.17) is 11.6 Å². The lowest BCUT2D eigenvalue weighted by Gasteiger charge is -2.16. The summed E-state index contributed by atoms with van der Waals surface area (Å²) in [7, 11) is 2.13. The molecule has 0 saturated carbocycles. The molecule has 4 nitrogen and oxygen atoms in total. The monoisotopic (exact) mass is 403 g/mol. The van der Waals surface area contributed by atoms with Gasteiger partial charge in [-0.1, -0.05) is 18.2 Å². The molecule has 31 heavy (non-hydrogen) atoms. The minimum absolute atomic E-state index is 0.432. The van der Waals surface area contributed by atoms with Crippen LogP contribution in [0.1, 0.15) is 25.0 Å². The van der Waals surface area contributed by atoms with Crippen molar-refractivity contribution in [1.29, 1.82) is 0 Å². The maximum Gasteiger partial charge on any atom is 0.231 e. The number of hydrogen-bond acceptors (Lipinski definition) is 1. The van der Waals surface area contributed by atoms with Crippen LogP contribution in [0, 0.1) is 13.5 Å². The SMILES string of the molecule is [C-]#[N+]C(C)(C)Cc1cc2cc[n+](C)c3c4c(C)ccc5c6cccnc6n(c(c1)c23)c54. The normalized spacial score (nSPS) is 12.6. The third-order valence-corrected chi connectivity index (χ3v) is 6.59. The van der Waals surface area contributed by atoms with Gasteiger partial charge in [-0.05, 0) is 41.6 Å². The molecule has 0 amide bonds. The highest BCUT2D eigenvalue weighted by Gasteiger charge is 2.27. The molecule has 0 saturated heterocycles. The van der Waals surface area contributed by atoms with Crippen molar-refractivity contribution >= 4 is 49.1 Å². The fourth-order valence-corrected chi connectivity index (χ4v) is 5.23. The molecule has 0 N–H and O–H groups in total. The molecule has 0 fully saturated rings. The predicted molar refractivity (Wildman–Crippen MR) is 127 cm³/mol. The molecule has 6 aromatic rings. The topological polar surface area (TPSA) is 25.5 Å². The maximum absolute atomic E-state index is 7.59. The molecule has 0 spiro atoms. The Hall–Kier alpha value is -3.71. The number of aryl methyl sites for hydroxylation is 2. The van der Waals surface area contributed by atoms with E-state index in [1.54, 1.807) is 0 Å². The van der Waals surface area contributed by atoms with Gasteiger partial charge in [0, 0.05) is 36.9 Å². The second kappa shape index (κ2) is 5.92. The van der Waals surface area contributed by atoms with Crippen molar-refractivity contribution in [2.24, 2.45) is 7.05 Å². The second-order valence-electron chi connectivity index (χ2n) is 9.32. The smallest absolute Gasteiger partial charge is 0.231 e. The van der Waals surface area contributed by atoms with Crippen molar-refractivity contribution in [2.45, 2.75) is 32.7 Å². The van der Waals surface area contributed by atoms with Crippen LogP contribution >= 0.6 is 0 Å². The Labute approximate surface area is 180 Å². The molecule has 4 heteroatoms. The molecule has 0 unspecified atom stereocenters. The zero-order valence-corrected chi connectivity index (χ0v) is 18.2. The first-order valence-corrected chi connectivity index (χ1v) is 10.6. The zero-order valence-electron chi connectivity index (χ0n) is 18.2. The van der Waals surface area contributed by atoms with E-state index in [-0.39, 0.29) is 0 Å². The first-order chi connectivity index (χ1) is 14.9. The van der Waals surface area contributed by atoms with Gasteiger partial charge in [-0.2, -0.15) is 0 Å². The van der Waals surface area contributed by atoms with Gasteiger partial charge in [-0.25, -0.2) is 16.1 Å². The largest absolute Gasteiger partial charge is 0.311 e. The number of fused-ring (bicyclic) bond motifs is 5. The Kier molecular flexibility index (Phi) is 3.46. The van der Waals surface area contributed by atoms with Crippen molar-refractivity contribution < 1.29 is 4.57 Å². The third-order valence-electron chi connectivity index (χ3n) is 6.59. The molecular formula is C27H23N4+. The summed E-state index contributed by atoms with van der Waals surface area (Å²) in [6.45, 7) is 13.8. The van der Waals surface area contributed by atoms with E-state index in [1.165, 1.54) is 49.1 Å². The van der Waals surface area contributed by atoms with Gasteiger partial charge in [0.1, 0.15) is 12.7 Å². The number of benzene rings is 2. The molecular weight excluding hydrogens is 380 g/mol. The average molecular weight is 404 g/mol. The molecule has 4 heterocycles. The molecule has 0 aliphatic heterocycles. The van der Waals surface area contributed by atoms with Crippen LogP contribution in [-0.2, 0) is 13.5 Å². The summed E-state index contributed by atoms with van der Waals surface area (Å²) in [5.41, 5.74) is 6.65. The summed E-state index contributed by atoms with van der Waals surface area (Å²) >= 11 is 0. The molecule has 0 aliphatic rings. The van der Waals surface area contributed by atoms with Crippen molar-refractivity contribution in [3.63, 3.8) is 0 Å². The summed E-state index contributed by atoms with van der Waals surface area (Å²) < 4.78 is 4.58. The lowest BCUT2D eigenvalue weighted by Crippen LogP contribution is -2.29. The van der Waals surface area contributed by atoms with Crippen LogP contribution in [0.25, 0.3) is 54.0 Å². The fourth-order valence-electron chi connectivity index (χ4n) is 5.23. The van der Waals surface area contributed by atoms with Gasteiger partial charge in [0.25, 0.3) is 0 Å². The lowest BCUT2D eigenvalue weighted by molar-refractivity contribution is -0.643. The Morgan fingerprint density at radius 1 is 1.10 bits per heavy atom. The van der Waals surface area contributed by atoms with Gasteiger partial charge in [0.2, 0.25) is 11.1 Å². The molecule has 4 aromatic heterocycles. The van der Waals surface area contributed by atoms with Crippen LogP contribution in [0.15, 0.2) is 54.9 Å². The van der Waals surface area contributed by atoms with Crippen molar-refractivity contribution in [2.75, 3.05) is 0 Å². The number of pyridine rings is 3. The highest BCUT2D eigenvalue weighted by atomic mass is 15.0. The van der Waals surface area contributed by atoms with Crippen LogP contribution in [-0.4, -0.2) is 14.9 Å². The minimum Gasteiger partial charge on any atom is -0.311 e. The van der Waals surface area contributed by atoms with Gasteiger partial charge in [0.05, 0.1) is 28.2 Å². The Bertz CT molecular complexity index is 1710. The summed E-state index contributed by atoms with van der Waals surface area (Å²) in [4.78, 5) is 8.65. The van der Waals surface area contributed by atoms with Gasteiger partial charge in [-0.15, -0.1) is 0 Å². The molecule has 0 aliphatic carbocycles. The Balaban J connectivity index is 1.94. The second-order valence-corrected chi connectivity index (χ2v) is 9.32. The summed E-state index contributed by atoms with van der Waals surface area (Å²) in [6, 6.07) is 15.4. The number of nitrogens with zero attached hydrogens (tertiary/aromatic N) is 4. The standard InChI is InChI=1S/C27H23N4/c1-16-8-9-19-20-7-6-11-29-26(20)31-21-14-17(15-27(2,3)28-4)13-18-10-12-30(5)25(23(18)21)22(16)24(19)31/h6-14H,15H2,1-3,5H3/q+1. The van der Waals surface area contributed by atoms with Crippen molar-refractivity contribution in [3.8, 4) is 0 Å². The quantitative estimate of drug-likeness (QED) is 0.156. The highest BCUT2D eigenvalue weighted by molar-refractivity contribution is 6.25. The van der Waals surface area contributed by atoms with E-state index in [0.29, 0.717) is 6.42 Å². The first-order valence-electron chi connectivity index (χ1n) is 10.6. The fraction of sp³-hybridized carbons (Fsp3) is 0.222. The van der Waals surface area contributed by atoms with Crippen LogP contribution in [0.3, 0.4) is 0 Å². The highest BCUT2D eigenvalue weighted by Crippen LogP contribution is 2.40. The molecule has 0 bridgehead atoms. The molecule has 6 rings (SSSR count). The molecule has 0 atom stereocenters. The maximum atomic E-state index is 7.59. The van der Waals surface area contributed by atoms with Crippen LogP contribution < -0.4 is 4.57 Å². The van der Waals surface area contributed by atoms with E-state index in [1.807, 2.05) is 26.1 Å². The van der Waals surface area contributed by atoms with Crippen molar-refractivity contribution in [1.82, 2.24) is 9.38 Å². The van der Waals surface area contributed by atoms with E-state index in [2.05, 4.69) is 70.4 Å². The van der Waals surface area contributed by atoms with E-state index >= 15 is 0 Å². The molecule has 150 valence electrons. The lowest BCUT2D eigenvalue weighted by atomic mass is 9.92. The number of aromatic nitrogens is 3. The third kappa shape index (κ3) is 2.35. The van der Waals surface area contributed by atoms with E-state index in [0.717, 1.165) is 11.2 Å². The Morgan fingerprint density at radius 3 is 2.74 bits per heavy atom.